The molecule has 1 saturated heterocycles. The van der Waals surface area contributed by atoms with Gasteiger partial charge in [0, 0.05) is 51.7 Å². The first-order valence-corrected chi connectivity index (χ1v) is 10.9. The number of nitrogens with zero attached hydrogens (tertiary/aromatic N) is 4. The summed E-state index contributed by atoms with van der Waals surface area (Å²) in [7, 11) is 4.03. The minimum absolute atomic E-state index is 0.314. The molecule has 0 bridgehead atoms. The molecule has 1 fully saturated rings. The summed E-state index contributed by atoms with van der Waals surface area (Å²) in [6.45, 7) is 11.8. The molecule has 0 atom stereocenters. The van der Waals surface area contributed by atoms with Crippen LogP contribution in [0.2, 0.25) is 0 Å². The van der Waals surface area contributed by atoms with Crippen LogP contribution >= 0.6 is 11.3 Å². The molecule has 1 aliphatic heterocycles. The Morgan fingerprint density at radius 3 is 2.74 bits per heavy atom. The second-order valence-electron chi connectivity index (χ2n) is 7.39. The summed E-state index contributed by atoms with van der Waals surface area (Å²) in [5, 5.41) is 10.1. The van der Waals surface area contributed by atoms with Crippen LogP contribution in [0.3, 0.4) is 0 Å². The lowest BCUT2D eigenvalue weighted by Gasteiger charge is -2.33. The molecule has 0 spiro atoms. The molecule has 2 heterocycles. The van der Waals surface area contributed by atoms with E-state index in [-0.39, 0.29) is 0 Å². The Labute approximate surface area is 168 Å². The van der Waals surface area contributed by atoms with Gasteiger partial charge in [0.1, 0.15) is 0 Å². The van der Waals surface area contributed by atoms with E-state index in [1.165, 1.54) is 0 Å². The lowest BCUT2D eigenvalue weighted by Crippen LogP contribution is -2.49. The monoisotopic (exact) mass is 396 g/mol. The van der Waals surface area contributed by atoms with Crippen LogP contribution in [0, 0.1) is 0 Å². The number of rotatable bonds is 9. The average Bonchev–Trinajstić information content (AvgIpc) is 3.10. The van der Waals surface area contributed by atoms with Gasteiger partial charge in [-0.1, -0.05) is 0 Å². The van der Waals surface area contributed by atoms with Crippen LogP contribution < -0.4 is 15.5 Å². The fourth-order valence-electron chi connectivity index (χ4n) is 2.97. The van der Waals surface area contributed by atoms with Gasteiger partial charge in [-0.15, -0.1) is 11.3 Å². The molecular formula is C19H36N6OS. The molecule has 27 heavy (non-hydrogen) atoms. The van der Waals surface area contributed by atoms with Gasteiger partial charge in [-0.25, -0.2) is 9.98 Å². The molecule has 1 aliphatic rings. The average molecular weight is 397 g/mol. The van der Waals surface area contributed by atoms with Crippen molar-refractivity contribution in [3.63, 3.8) is 0 Å². The maximum atomic E-state index is 5.66. The number of thiazole rings is 1. The van der Waals surface area contributed by atoms with Crippen molar-refractivity contribution < 1.29 is 4.74 Å². The molecule has 0 amide bonds. The van der Waals surface area contributed by atoms with Crippen LogP contribution in [0.1, 0.15) is 39.3 Å². The van der Waals surface area contributed by atoms with Crippen molar-refractivity contribution in [2.75, 3.05) is 51.8 Å². The summed E-state index contributed by atoms with van der Waals surface area (Å²) < 4.78 is 5.66. The Bertz CT molecular complexity index is 566. The van der Waals surface area contributed by atoms with Crippen molar-refractivity contribution in [1.29, 1.82) is 0 Å². The summed E-state index contributed by atoms with van der Waals surface area (Å²) in [4.78, 5) is 13.8. The highest BCUT2D eigenvalue weighted by Gasteiger charge is 2.19. The summed E-state index contributed by atoms with van der Waals surface area (Å²) in [6.07, 6.45) is 2.58. The molecule has 0 aromatic carbocycles. The number of hydrogen-bond acceptors (Lipinski definition) is 6. The largest absolute Gasteiger partial charge is 0.377 e. The topological polar surface area (TPSA) is 65.0 Å². The van der Waals surface area contributed by atoms with Crippen LogP contribution in [0.15, 0.2) is 10.4 Å². The van der Waals surface area contributed by atoms with Gasteiger partial charge in [-0.3, -0.25) is 0 Å². The number of ether oxygens (including phenoxy) is 1. The predicted molar refractivity (Wildman–Crippen MR) is 115 cm³/mol. The van der Waals surface area contributed by atoms with Crippen LogP contribution in [0.25, 0.3) is 0 Å². The lowest BCUT2D eigenvalue weighted by molar-refractivity contribution is 0.0532. The van der Waals surface area contributed by atoms with E-state index in [2.05, 4.69) is 46.7 Å². The highest BCUT2D eigenvalue weighted by atomic mass is 32.1. The number of piperidine rings is 1. The SMILES string of the molecule is CCNC(=NCc1csc(N(C)C)n1)NC1CCN(CCOC(C)C)CC1. The van der Waals surface area contributed by atoms with Crippen molar-refractivity contribution >= 4 is 22.4 Å². The molecule has 8 heteroatoms. The Morgan fingerprint density at radius 1 is 1.41 bits per heavy atom. The van der Waals surface area contributed by atoms with Crippen LogP contribution in [0.5, 0.6) is 0 Å². The summed E-state index contributed by atoms with van der Waals surface area (Å²) in [5.74, 6) is 0.887. The molecule has 154 valence electrons. The Kier molecular flexibility index (Phi) is 9.30. The van der Waals surface area contributed by atoms with E-state index in [4.69, 9.17) is 9.73 Å². The maximum absolute atomic E-state index is 5.66. The van der Waals surface area contributed by atoms with Crippen LogP contribution in [0.4, 0.5) is 5.13 Å². The van der Waals surface area contributed by atoms with Gasteiger partial charge in [0.15, 0.2) is 11.1 Å². The van der Waals surface area contributed by atoms with E-state index in [0.717, 1.165) is 62.4 Å². The second-order valence-corrected chi connectivity index (χ2v) is 8.23. The lowest BCUT2D eigenvalue weighted by atomic mass is 10.1. The molecule has 0 unspecified atom stereocenters. The van der Waals surface area contributed by atoms with Gasteiger partial charge in [0.25, 0.3) is 0 Å². The van der Waals surface area contributed by atoms with Gasteiger partial charge in [0.05, 0.1) is 24.9 Å². The first-order valence-electron chi connectivity index (χ1n) is 9.98. The van der Waals surface area contributed by atoms with Crippen molar-refractivity contribution in [2.24, 2.45) is 4.99 Å². The summed E-state index contributed by atoms with van der Waals surface area (Å²) in [5.41, 5.74) is 1.01. The maximum Gasteiger partial charge on any atom is 0.191 e. The van der Waals surface area contributed by atoms with E-state index < -0.39 is 0 Å². The van der Waals surface area contributed by atoms with E-state index in [1.807, 2.05) is 19.0 Å². The van der Waals surface area contributed by atoms with E-state index in [1.54, 1.807) is 11.3 Å². The third-order valence-electron chi connectivity index (χ3n) is 4.45. The number of anilines is 1. The Morgan fingerprint density at radius 2 is 2.15 bits per heavy atom. The quantitative estimate of drug-likeness (QED) is 0.493. The first-order chi connectivity index (χ1) is 13.0. The van der Waals surface area contributed by atoms with Gasteiger partial charge < -0.3 is 25.2 Å². The number of hydrogen-bond donors (Lipinski definition) is 2. The minimum Gasteiger partial charge on any atom is -0.377 e. The fraction of sp³-hybridized carbons (Fsp3) is 0.789. The highest BCUT2D eigenvalue weighted by Crippen LogP contribution is 2.18. The zero-order chi connectivity index (χ0) is 19.6. The third kappa shape index (κ3) is 8.02. The molecule has 0 aliphatic carbocycles. The van der Waals surface area contributed by atoms with Crippen molar-refractivity contribution in [3.8, 4) is 0 Å². The molecule has 2 N–H and O–H groups in total. The number of nitrogens with one attached hydrogen (secondary N) is 2. The smallest absolute Gasteiger partial charge is 0.191 e. The van der Waals surface area contributed by atoms with Crippen molar-refractivity contribution in [1.82, 2.24) is 20.5 Å². The molecule has 7 nitrogen and oxygen atoms in total. The molecule has 1 aromatic heterocycles. The second kappa shape index (κ2) is 11.5. The highest BCUT2D eigenvalue weighted by molar-refractivity contribution is 7.13. The zero-order valence-electron chi connectivity index (χ0n) is 17.5. The predicted octanol–water partition coefficient (Wildman–Crippen LogP) is 2.15. The van der Waals surface area contributed by atoms with Gasteiger partial charge in [-0.2, -0.15) is 0 Å². The number of guanidine groups is 1. The fourth-order valence-corrected chi connectivity index (χ4v) is 3.72. The third-order valence-corrected chi connectivity index (χ3v) is 5.51. The normalized spacial score (nSPS) is 16.7. The van der Waals surface area contributed by atoms with Gasteiger partial charge >= 0.3 is 0 Å². The van der Waals surface area contributed by atoms with Gasteiger partial charge in [0.2, 0.25) is 0 Å². The number of likely N-dealkylation sites (tertiary alicyclic amines) is 1. The van der Waals surface area contributed by atoms with Gasteiger partial charge in [-0.05, 0) is 33.6 Å². The Hall–Kier alpha value is -1.38. The van der Waals surface area contributed by atoms with Crippen LogP contribution in [-0.2, 0) is 11.3 Å². The van der Waals surface area contributed by atoms with E-state index >= 15 is 0 Å². The van der Waals surface area contributed by atoms with Crippen molar-refractivity contribution in [3.05, 3.63) is 11.1 Å². The van der Waals surface area contributed by atoms with Crippen molar-refractivity contribution in [2.45, 2.75) is 52.3 Å². The zero-order valence-corrected chi connectivity index (χ0v) is 18.3. The molecule has 0 saturated carbocycles. The molecule has 0 radical (unpaired) electrons. The standard InChI is InChI=1S/C19H36N6OS/c1-6-20-18(21-13-17-14-27-19(23-17)24(4)5)22-16-7-9-25(10-8-16)11-12-26-15(2)3/h14-16H,6-13H2,1-5H3,(H2,20,21,22). The summed E-state index contributed by atoms with van der Waals surface area (Å²) in [6, 6.07) is 0.470. The van der Waals surface area contributed by atoms with E-state index in [0.29, 0.717) is 18.7 Å². The molecular weight excluding hydrogens is 360 g/mol. The van der Waals surface area contributed by atoms with Crippen LogP contribution in [-0.4, -0.2) is 74.9 Å². The summed E-state index contributed by atoms with van der Waals surface area (Å²) >= 11 is 1.66. The number of aromatic nitrogens is 1. The molecule has 2 rings (SSSR count). The Balaban J connectivity index is 1.78. The molecule has 1 aromatic rings. The van der Waals surface area contributed by atoms with E-state index in [9.17, 15) is 0 Å². The number of aliphatic imine (C=N–C) groups is 1. The minimum atomic E-state index is 0.314. The first kappa shape index (κ1) is 21.9.